The van der Waals surface area contributed by atoms with Crippen molar-refractivity contribution in [3.8, 4) is 5.75 Å². The molecule has 1 heterocycles. The second kappa shape index (κ2) is 6.56. The smallest absolute Gasteiger partial charge is 0.275 e. The van der Waals surface area contributed by atoms with E-state index in [1.807, 2.05) is 0 Å². The molecule has 6 heteroatoms. The van der Waals surface area contributed by atoms with Gasteiger partial charge in [0.2, 0.25) is 0 Å². The molecule has 0 radical (unpaired) electrons. The van der Waals surface area contributed by atoms with Gasteiger partial charge < -0.3 is 10.1 Å². The van der Waals surface area contributed by atoms with Gasteiger partial charge in [-0.3, -0.25) is 15.0 Å². The highest BCUT2D eigenvalue weighted by molar-refractivity contribution is 5.56. The Bertz CT molecular complexity index is 473. The van der Waals surface area contributed by atoms with E-state index in [1.165, 1.54) is 26.0 Å². The van der Waals surface area contributed by atoms with Gasteiger partial charge in [-0.1, -0.05) is 0 Å². The molecule has 2 rings (SSSR count). The van der Waals surface area contributed by atoms with Crippen LogP contribution in [0.15, 0.2) is 18.2 Å². The Hall–Kier alpha value is -1.82. The maximum atomic E-state index is 10.9. The quantitative estimate of drug-likeness (QED) is 0.640. The predicted molar refractivity (Wildman–Crippen MR) is 78.4 cm³/mol. The number of nitro groups is 1. The molecule has 0 aliphatic carbocycles. The predicted octanol–water partition coefficient (Wildman–Crippen LogP) is 2.50. The minimum atomic E-state index is -0.405. The van der Waals surface area contributed by atoms with E-state index in [2.05, 4.69) is 17.1 Å². The van der Waals surface area contributed by atoms with Gasteiger partial charge in [-0.15, -0.1) is 0 Å². The van der Waals surface area contributed by atoms with Crippen molar-refractivity contribution in [1.82, 2.24) is 4.90 Å². The van der Waals surface area contributed by atoms with Crippen LogP contribution in [0.4, 0.5) is 11.4 Å². The highest BCUT2D eigenvalue weighted by Crippen LogP contribution is 2.26. The molecule has 0 bridgehead atoms. The lowest BCUT2D eigenvalue weighted by atomic mass is 10.2. The third-order valence-electron chi connectivity index (χ3n) is 3.70. The number of hydrogen-bond acceptors (Lipinski definition) is 5. The van der Waals surface area contributed by atoms with Crippen molar-refractivity contribution < 1.29 is 9.66 Å². The van der Waals surface area contributed by atoms with Crippen molar-refractivity contribution in [2.45, 2.75) is 25.8 Å². The van der Waals surface area contributed by atoms with Crippen molar-refractivity contribution in [3.63, 3.8) is 0 Å². The first-order valence-corrected chi connectivity index (χ1v) is 6.91. The summed E-state index contributed by atoms with van der Waals surface area (Å²) in [5, 5.41) is 14.1. The molecule has 1 fully saturated rings. The Kier molecular flexibility index (Phi) is 4.79. The zero-order valence-corrected chi connectivity index (χ0v) is 12.0. The minimum absolute atomic E-state index is 0.0423. The van der Waals surface area contributed by atoms with Gasteiger partial charge in [-0.25, -0.2) is 0 Å². The zero-order valence-electron chi connectivity index (χ0n) is 12.0. The zero-order chi connectivity index (χ0) is 14.5. The Morgan fingerprint density at radius 3 is 2.70 bits per heavy atom. The van der Waals surface area contributed by atoms with E-state index in [-0.39, 0.29) is 5.69 Å². The van der Waals surface area contributed by atoms with Gasteiger partial charge in [0.05, 0.1) is 18.1 Å². The van der Waals surface area contributed by atoms with Gasteiger partial charge in [0, 0.05) is 30.4 Å². The Morgan fingerprint density at radius 2 is 2.10 bits per heavy atom. The van der Waals surface area contributed by atoms with Crippen LogP contribution in [0.3, 0.4) is 0 Å². The van der Waals surface area contributed by atoms with Crippen molar-refractivity contribution in [3.05, 3.63) is 28.3 Å². The number of benzene rings is 1. The average molecular weight is 279 g/mol. The maximum absolute atomic E-state index is 10.9. The van der Waals surface area contributed by atoms with Crippen LogP contribution in [0.2, 0.25) is 0 Å². The normalized spacial score (nSPS) is 16.9. The molecule has 1 aromatic rings. The lowest BCUT2D eigenvalue weighted by Crippen LogP contribution is -2.35. The third kappa shape index (κ3) is 3.60. The molecule has 1 aromatic carbocycles. The largest absolute Gasteiger partial charge is 0.496 e. The van der Waals surface area contributed by atoms with Crippen LogP contribution in [0, 0.1) is 10.1 Å². The minimum Gasteiger partial charge on any atom is -0.496 e. The summed E-state index contributed by atoms with van der Waals surface area (Å²) in [5.74, 6) is 0.496. The first-order chi connectivity index (χ1) is 9.60. The molecule has 0 spiro atoms. The van der Waals surface area contributed by atoms with Gasteiger partial charge in [-0.05, 0) is 32.9 Å². The Morgan fingerprint density at radius 1 is 1.40 bits per heavy atom. The molecular weight excluding hydrogens is 258 g/mol. The van der Waals surface area contributed by atoms with Crippen LogP contribution >= 0.6 is 0 Å². The van der Waals surface area contributed by atoms with Crippen molar-refractivity contribution >= 4 is 11.4 Å². The van der Waals surface area contributed by atoms with E-state index in [0.29, 0.717) is 11.8 Å². The number of non-ortho nitro benzene ring substituents is 1. The highest BCUT2D eigenvalue weighted by atomic mass is 16.6. The molecule has 1 N–H and O–H groups in total. The molecule has 20 heavy (non-hydrogen) atoms. The lowest BCUT2D eigenvalue weighted by Gasteiger charge is -2.24. The molecule has 1 aliphatic rings. The molecular formula is C14H21N3O3. The number of nitrogens with zero attached hydrogens (tertiary/aromatic N) is 2. The summed E-state index contributed by atoms with van der Waals surface area (Å²) in [6.45, 7) is 5.22. The Labute approximate surface area is 118 Å². The monoisotopic (exact) mass is 279 g/mol. The summed E-state index contributed by atoms with van der Waals surface area (Å²) in [6.07, 6.45) is 2.52. The van der Waals surface area contributed by atoms with Crippen LogP contribution in [0.5, 0.6) is 5.75 Å². The van der Waals surface area contributed by atoms with E-state index in [0.717, 1.165) is 25.3 Å². The fourth-order valence-electron chi connectivity index (χ4n) is 2.49. The fourth-order valence-corrected chi connectivity index (χ4v) is 2.49. The maximum Gasteiger partial charge on any atom is 0.275 e. The van der Waals surface area contributed by atoms with E-state index >= 15 is 0 Å². The summed E-state index contributed by atoms with van der Waals surface area (Å²) in [6, 6.07) is 5.17. The second-order valence-corrected chi connectivity index (χ2v) is 5.15. The molecule has 110 valence electrons. The van der Waals surface area contributed by atoms with Gasteiger partial charge in [-0.2, -0.15) is 0 Å². The number of nitrogens with one attached hydrogen (secondary N) is 1. The van der Waals surface area contributed by atoms with Crippen molar-refractivity contribution in [1.29, 1.82) is 0 Å². The van der Waals surface area contributed by atoms with Crippen LogP contribution in [0.25, 0.3) is 0 Å². The summed E-state index contributed by atoms with van der Waals surface area (Å²) in [7, 11) is 1.51. The summed E-state index contributed by atoms with van der Waals surface area (Å²) in [4.78, 5) is 12.9. The van der Waals surface area contributed by atoms with Gasteiger partial charge in [0.15, 0.2) is 0 Å². The number of nitro benzene ring substituents is 1. The van der Waals surface area contributed by atoms with Gasteiger partial charge >= 0.3 is 0 Å². The van der Waals surface area contributed by atoms with E-state index in [4.69, 9.17) is 4.74 Å². The molecule has 0 aromatic heterocycles. The number of likely N-dealkylation sites (tertiary alicyclic amines) is 1. The summed E-state index contributed by atoms with van der Waals surface area (Å²) >= 11 is 0. The van der Waals surface area contributed by atoms with Crippen molar-refractivity contribution in [2.24, 2.45) is 0 Å². The second-order valence-electron chi connectivity index (χ2n) is 5.15. The fraction of sp³-hybridized carbons (Fsp3) is 0.571. The van der Waals surface area contributed by atoms with Crippen LogP contribution in [-0.4, -0.2) is 42.6 Å². The average Bonchev–Trinajstić information content (AvgIpc) is 2.98. The third-order valence-corrected chi connectivity index (χ3v) is 3.70. The van der Waals surface area contributed by atoms with E-state index in [1.54, 1.807) is 12.1 Å². The molecule has 1 saturated heterocycles. The summed E-state index contributed by atoms with van der Waals surface area (Å²) < 4.78 is 5.10. The highest BCUT2D eigenvalue weighted by Gasteiger charge is 2.18. The van der Waals surface area contributed by atoms with Crippen LogP contribution in [0.1, 0.15) is 19.8 Å². The number of methoxy groups -OCH3 is 1. The van der Waals surface area contributed by atoms with Gasteiger partial charge in [0.25, 0.3) is 5.69 Å². The van der Waals surface area contributed by atoms with E-state index < -0.39 is 4.92 Å². The molecule has 0 amide bonds. The molecule has 1 unspecified atom stereocenters. The topological polar surface area (TPSA) is 67.6 Å². The summed E-state index contributed by atoms with van der Waals surface area (Å²) in [5.41, 5.74) is 0.766. The van der Waals surface area contributed by atoms with Crippen LogP contribution in [-0.2, 0) is 0 Å². The lowest BCUT2D eigenvalue weighted by molar-refractivity contribution is -0.384. The first-order valence-electron chi connectivity index (χ1n) is 6.91. The van der Waals surface area contributed by atoms with Crippen molar-refractivity contribution in [2.75, 3.05) is 32.1 Å². The number of anilines is 1. The molecule has 0 saturated carbocycles. The number of rotatable bonds is 6. The first kappa shape index (κ1) is 14.6. The standard InChI is InChI=1S/C14H21N3O3/c1-11(16-5-3-4-6-16)10-15-12-7-13(17(18)19)9-14(8-12)20-2/h7-9,11,15H,3-6,10H2,1-2H3. The van der Waals surface area contributed by atoms with E-state index in [9.17, 15) is 10.1 Å². The van der Waals surface area contributed by atoms with Gasteiger partial charge in [0.1, 0.15) is 5.75 Å². The number of hydrogen-bond donors (Lipinski definition) is 1. The van der Waals surface area contributed by atoms with Crippen LogP contribution < -0.4 is 10.1 Å². The SMILES string of the molecule is COc1cc(NCC(C)N2CCCC2)cc([N+](=O)[O-])c1. The molecule has 1 atom stereocenters. The Balaban J connectivity index is 2.00. The molecule has 1 aliphatic heterocycles. The molecule has 6 nitrogen and oxygen atoms in total. The number of ether oxygens (including phenoxy) is 1.